The molecule has 1 aromatic carbocycles. The highest BCUT2D eigenvalue weighted by Crippen LogP contribution is 2.39. The molecule has 0 spiro atoms. The highest BCUT2D eigenvalue weighted by atomic mass is 19.4. The first-order valence-corrected chi connectivity index (χ1v) is 11.8. The average Bonchev–Trinajstić information content (AvgIpc) is 2.75. The quantitative estimate of drug-likeness (QED) is 0.405. The molecule has 1 heterocycles. The van der Waals surface area contributed by atoms with E-state index in [9.17, 15) is 18.0 Å². The molecule has 0 aromatic heterocycles. The van der Waals surface area contributed by atoms with Gasteiger partial charge in [0.25, 0.3) is 0 Å². The van der Waals surface area contributed by atoms with Gasteiger partial charge >= 0.3 is 6.18 Å². The Hall–Kier alpha value is -1.56. The standard InChI is InChI=1S/C25H35F3O3/c1-3-5-17-6-9-19(10-7-17)24-13-8-18(16-31-24)14-23(29)21-12-11-20(30-4-2)15-22(21)25(26,27)28/h11-12,15,17-19,24H,3-10,13-14,16H2,1-2H3. The number of hydrogen-bond acceptors (Lipinski definition) is 3. The SMILES string of the molecule is CCCC1CCC(C2CCC(CC(=O)c3ccc(OCC)cc3C(F)(F)F)CO2)CC1. The molecule has 1 saturated heterocycles. The first kappa shape index (κ1) is 24.1. The van der Waals surface area contributed by atoms with Crippen molar-refractivity contribution in [3.8, 4) is 5.75 Å². The van der Waals surface area contributed by atoms with Crippen molar-refractivity contribution >= 4 is 5.78 Å². The van der Waals surface area contributed by atoms with E-state index in [0.29, 0.717) is 12.5 Å². The lowest BCUT2D eigenvalue weighted by atomic mass is 9.76. The van der Waals surface area contributed by atoms with E-state index in [1.165, 1.54) is 50.7 Å². The lowest BCUT2D eigenvalue weighted by molar-refractivity contribution is -0.138. The second-order valence-electron chi connectivity index (χ2n) is 9.15. The third-order valence-electron chi connectivity index (χ3n) is 6.90. The lowest BCUT2D eigenvalue weighted by Crippen LogP contribution is -2.35. The van der Waals surface area contributed by atoms with Gasteiger partial charge in [0.05, 0.1) is 24.9 Å². The van der Waals surface area contributed by atoms with E-state index in [1.807, 2.05) is 0 Å². The maximum atomic E-state index is 13.5. The number of rotatable bonds is 8. The fourth-order valence-electron chi connectivity index (χ4n) is 5.25. The summed E-state index contributed by atoms with van der Waals surface area (Å²) in [6.45, 7) is 4.68. The summed E-state index contributed by atoms with van der Waals surface area (Å²) in [5.74, 6) is 1.08. The minimum Gasteiger partial charge on any atom is -0.494 e. The van der Waals surface area contributed by atoms with Crippen LogP contribution < -0.4 is 4.74 Å². The highest BCUT2D eigenvalue weighted by Gasteiger charge is 2.37. The summed E-state index contributed by atoms with van der Waals surface area (Å²) in [5, 5.41) is 0. The maximum Gasteiger partial charge on any atom is 0.417 e. The van der Waals surface area contributed by atoms with Crippen LogP contribution in [-0.2, 0) is 10.9 Å². The zero-order valence-electron chi connectivity index (χ0n) is 18.7. The number of carbonyl (C=O) groups excluding carboxylic acids is 1. The van der Waals surface area contributed by atoms with Gasteiger partial charge in [-0.05, 0) is 68.6 Å². The van der Waals surface area contributed by atoms with Crippen molar-refractivity contribution in [2.75, 3.05) is 13.2 Å². The zero-order valence-corrected chi connectivity index (χ0v) is 18.7. The van der Waals surface area contributed by atoms with E-state index >= 15 is 0 Å². The summed E-state index contributed by atoms with van der Waals surface area (Å²) < 4.78 is 51.8. The molecule has 2 fully saturated rings. The van der Waals surface area contributed by atoms with E-state index in [0.717, 1.165) is 24.8 Å². The Balaban J connectivity index is 1.54. The molecule has 3 nitrogen and oxygen atoms in total. The molecule has 0 radical (unpaired) electrons. The molecule has 174 valence electrons. The van der Waals surface area contributed by atoms with Gasteiger partial charge in [0.2, 0.25) is 0 Å². The van der Waals surface area contributed by atoms with Crippen molar-refractivity contribution in [1.29, 1.82) is 0 Å². The summed E-state index contributed by atoms with van der Waals surface area (Å²) in [5.41, 5.74) is -1.19. The number of ether oxygens (including phenoxy) is 2. The smallest absolute Gasteiger partial charge is 0.417 e. The van der Waals surface area contributed by atoms with Crippen molar-refractivity contribution < 1.29 is 27.4 Å². The Bertz CT molecular complexity index is 715. The number of hydrogen-bond donors (Lipinski definition) is 0. The molecule has 31 heavy (non-hydrogen) atoms. The van der Waals surface area contributed by atoms with Crippen LogP contribution in [0.4, 0.5) is 13.2 Å². The van der Waals surface area contributed by atoms with Gasteiger partial charge in [0, 0.05) is 12.0 Å². The molecule has 2 unspecified atom stereocenters. The van der Waals surface area contributed by atoms with Gasteiger partial charge in [-0.25, -0.2) is 0 Å². The maximum absolute atomic E-state index is 13.5. The van der Waals surface area contributed by atoms with Gasteiger partial charge in [-0.3, -0.25) is 4.79 Å². The Kier molecular flexibility index (Phi) is 8.43. The van der Waals surface area contributed by atoms with Gasteiger partial charge in [0.1, 0.15) is 5.75 Å². The predicted octanol–water partition coefficient (Wildman–Crippen LogP) is 7.08. The molecule has 6 heteroatoms. The van der Waals surface area contributed by atoms with E-state index < -0.39 is 17.5 Å². The predicted molar refractivity (Wildman–Crippen MR) is 114 cm³/mol. The molecule has 0 N–H and O–H groups in total. The molecule has 2 aliphatic rings. The van der Waals surface area contributed by atoms with Crippen LogP contribution in [0.3, 0.4) is 0 Å². The van der Waals surface area contributed by atoms with Crippen molar-refractivity contribution in [2.45, 2.75) is 83.9 Å². The zero-order chi connectivity index (χ0) is 22.4. The Labute approximate surface area is 183 Å². The van der Waals surface area contributed by atoms with Crippen LogP contribution in [0.2, 0.25) is 0 Å². The number of carbonyl (C=O) groups is 1. The highest BCUT2D eigenvalue weighted by molar-refractivity contribution is 5.98. The van der Waals surface area contributed by atoms with Crippen LogP contribution in [0.15, 0.2) is 18.2 Å². The van der Waals surface area contributed by atoms with Crippen LogP contribution >= 0.6 is 0 Å². The summed E-state index contributed by atoms with van der Waals surface area (Å²) in [6, 6.07) is 3.62. The topological polar surface area (TPSA) is 35.5 Å². The summed E-state index contributed by atoms with van der Waals surface area (Å²) >= 11 is 0. The van der Waals surface area contributed by atoms with Gasteiger partial charge in [-0.1, -0.05) is 32.6 Å². The first-order chi connectivity index (χ1) is 14.8. The Morgan fingerprint density at radius 1 is 1.06 bits per heavy atom. The van der Waals surface area contributed by atoms with Crippen LogP contribution in [0, 0.1) is 17.8 Å². The van der Waals surface area contributed by atoms with Crippen molar-refractivity contribution in [2.24, 2.45) is 17.8 Å². The average molecular weight is 441 g/mol. The van der Waals surface area contributed by atoms with Gasteiger partial charge in [-0.2, -0.15) is 13.2 Å². The fourth-order valence-corrected chi connectivity index (χ4v) is 5.25. The molecular formula is C25H35F3O3. The number of benzene rings is 1. The molecule has 3 rings (SSSR count). The van der Waals surface area contributed by atoms with E-state index in [2.05, 4.69) is 6.92 Å². The van der Waals surface area contributed by atoms with Crippen LogP contribution in [0.5, 0.6) is 5.75 Å². The molecule has 0 bridgehead atoms. The van der Waals surface area contributed by atoms with Crippen molar-refractivity contribution in [1.82, 2.24) is 0 Å². The van der Waals surface area contributed by atoms with Gasteiger partial charge in [-0.15, -0.1) is 0 Å². The van der Waals surface area contributed by atoms with Crippen LogP contribution in [0.25, 0.3) is 0 Å². The normalized spacial score (nSPS) is 27.1. The molecule has 1 aromatic rings. The number of halogens is 3. The second-order valence-corrected chi connectivity index (χ2v) is 9.15. The first-order valence-electron chi connectivity index (χ1n) is 11.8. The number of Topliss-reactive ketones (excluding diaryl/α,β-unsaturated/α-hetero) is 1. The molecule has 1 aliphatic heterocycles. The third-order valence-corrected chi connectivity index (χ3v) is 6.90. The van der Waals surface area contributed by atoms with Gasteiger partial charge < -0.3 is 9.47 Å². The molecule has 0 amide bonds. The third kappa shape index (κ3) is 6.47. The van der Waals surface area contributed by atoms with E-state index in [4.69, 9.17) is 9.47 Å². The van der Waals surface area contributed by atoms with Crippen LogP contribution in [0.1, 0.15) is 87.6 Å². The Morgan fingerprint density at radius 3 is 2.35 bits per heavy atom. The lowest BCUT2D eigenvalue weighted by Gasteiger charge is -2.37. The second kappa shape index (κ2) is 10.8. The largest absolute Gasteiger partial charge is 0.494 e. The molecular weight excluding hydrogens is 405 g/mol. The minimum absolute atomic E-state index is 0.0205. The number of alkyl halides is 3. The Morgan fingerprint density at radius 2 is 1.77 bits per heavy atom. The molecule has 1 saturated carbocycles. The van der Waals surface area contributed by atoms with E-state index in [-0.39, 0.29) is 36.4 Å². The molecule has 1 aliphatic carbocycles. The molecule has 2 atom stereocenters. The van der Waals surface area contributed by atoms with E-state index in [1.54, 1.807) is 6.92 Å². The summed E-state index contributed by atoms with van der Waals surface area (Å²) in [7, 11) is 0. The summed E-state index contributed by atoms with van der Waals surface area (Å²) in [4.78, 5) is 12.7. The monoisotopic (exact) mass is 440 g/mol. The van der Waals surface area contributed by atoms with Gasteiger partial charge in [0.15, 0.2) is 5.78 Å². The van der Waals surface area contributed by atoms with Crippen molar-refractivity contribution in [3.05, 3.63) is 29.3 Å². The minimum atomic E-state index is -4.59. The number of ketones is 1. The summed E-state index contributed by atoms with van der Waals surface area (Å²) in [6.07, 6.45) is 5.00. The van der Waals surface area contributed by atoms with Crippen molar-refractivity contribution in [3.63, 3.8) is 0 Å². The fraction of sp³-hybridized carbons (Fsp3) is 0.720. The van der Waals surface area contributed by atoms with Crippen LogP contribution in [-0.4, -0.2) is 25.1 Å².